The summed E-state index contributed by atoms with van der Waals surface area (Å²) in [4.78, 5) is 28.2. The Kier molecular flexibility index (Phi) is 8.63. The molecular weight excluding hydrogens is 522 g/mol. The molecule has 1 saturated heterocycles. The number of aryl methyl sites for hydroxylation is 1. The summed E-state index contributed by atoms with van der Waals surface area (Å²) in [7, 11) is -4.06. The van der Waals surface area contributed by atoms with Gasteiger partial charge in [-0.15, -0.1) is 11.8 Å². The van der Waals surface area contributed by atoms with Crippen LogP contribution in [0.15, 0.2) is 76.5 Å². The van der Waals surface area contributed by atoms with E-state index < -0.39 is 22.5 Å². The maximum atomic E-state index is 13.7. The average molecular weight is 554 g/mol. The van der Waals surface area contributed by atoms with Crippen LogP contribution in [0.5, 0.6) is 5.75 Å². The molecule has 1 N–H and O–H groups in total. The fourth-order valence-corrected chi connectivity index (χ4v) is 6.11. The molecule has 0 spiro atoms. The van der Waals surface area contributed by atoms with Gasteiger partial charge in [-0.1, -0.05) is 6.07 Å². The number of nitrogens with zero attached hydrogens (tertiary/aromatic N) is 2. The number of hydrogen-bond acceptors (Lipinski definition) is 6. The Bertz CT molecular complexity index is 1410. The largest absolute Gasteiger partial charge is 0.494 e. The minimum Gasteiger partial charge on any atom is -0.494 e. The van der Waals surface area contributed by atoms with E-state index in [9.17, 15) is 18.0 Å². The zero-order valence-corrected chi connectivity index (χ0v) is 23.3. The molecule has 0 aliphatic carbocycles. The third-order valence-corrected chi connectivity index (χ3v) is 8.76. The van der Waals surface area contributed by atoms with Gasteiger partial charge in [0.25, 0.3) is 10.0 Å². The fraction of sp³-hybridized carbons (Fsp3) is 0.286. The molecule has 0 unspecified atom stereocenters. The quantitative estimate of drug-likeness (QED) is 0.352. The molecule has 10 heteroatoms. The topological polar surface area (TPSA) is 96.0 Å². The Balaban J connectivity index is 1.62. The number of nitrogens with one attached hydrogen (secondary N) is 1. The van der Waals surface area contributed by atoms with Gasteiger partial charge in [0.05, 0.1) is 17.2 Å². The van der Waals surface area contributed by atoms with Crippen LogP contribution < -0.4 is 19.3 Å². The molecule has 3 aromatic carbocycles. The second-order valence-electron chi connectivity index (χ2n) is 8.81. The SMILES string of the molecule is CCOc1ccc(N(CC(=O)Nc2ccc(C)c(N3CCCC3=O)c2)S(=O)(=O)c2ccc(SC)cc2)cc1. The predicted molar refractivity (Wildman–Crippen MR) is 152 cm³/mol. The van der Waals surface area contributed by atoms with Crippen LogP contribution in [0.4, 0.5) is 17.1 Å². The second kappa shape index (κ2) is 11.9. The van der Waals surface area contributed by atoms with Crippen LogP contribution in [0.3, 0.4) is 0 Å². The van der Waals surface area contributed by atoms with Crippen LogP contribution in [0.25, 0.3) is 0 Å². The third kappa shape index (κ3) is 6.14. The summed E-state index contributed by atoms with van der Waals surface area (Å²) in [6.07, 6.45) is 3.21. The van der Waals surface area contributed by atoms with Crippen molar-refractivity contribution in [2.24, 2.45) is 0 Å². The number of carbonyl (C=O) groups is 2. The van der Waals surface area contributed by atoms with Gasteiger partial charge in [-0.05, 0) is 92.8 Å². The molecular formula is C28H31N3O5S2. The van der Waals surface area contributed by atoms with E-state index in [1.807, 2.05) is 26.2 Å². The lowest BCUT2D eigenvalue weighted by atomic mass is 10.1. The van der Waals surface area contributed by atoms with Crippen LogP contribution >= 0.6 is 11.8 Å². The summed E-state index contributed by atoms with van der Waals surface area (Å²) in [6.45, 7) is 4.45. The molecule has 1 aliphatic heterocycles. The number of carbonyl (C=O) groups excluding carboxylic acids is 2. The van der Waals surface area contributed by atoms with Crippen LogP contribution in [-0.2, 0) is 19.6 Å². The van der Waals surface area contributed by atoms with E-state index in [4.69, 9.17) is 4.74 Å². The lowest BCUT2D eigenvalue weighted by Gasteiger charge is -2.25. The smallest absolute Gasteiger partial charge is 0.264 e. The van der Waals surface area contributed by atoms with Crippen molar-refractivity contribution in [1.29, 1.82) is 0 Å². The highest BCUT2D eigenvalue weighted by atomic mass is 32.2. The minimum absolute atomic E-state index is 0.0526. The standard InChI is InChI=1S/C28H31N3O5S2/c1-4-36-23-11-9-22(10-12-23)31(38(34,35)25-15-13-24(37-3)14-16-25)19-27(32)29-21-8-7-20(2)26(18-21)30-17-5-6-28(30)33/h7-16,18H,4-6,17,19H2,1-3H3,(H,29,32). The van der Waals surface area contributed by atoms with Gasteiger partial charge in [-0.2, -0.15) is 0 Å². The fourth-order valence-electron chi connectivity index (χ4n) is 4.28. The molecule has 3 aromatic rings. The first-order chi connectivity index (χ1) is 18.2. The Labute approximate surface area is 228 Å². The molecule has 0 radical (unpaired) electrons. The number of thioether (sulfide) groups is 1. The molecule has 0 aromatic heterocycles. The van der Waals surface area contributed by atoms with Crippen molar-refractivity contribution in [2.75, 3.05) is 40.5 Å². The Hall–Kier alpha value is -3.50. The van der Waals surface area contributed by atoms with E-state index in [2.05, 4.69) is 5.32 Å². The third-order valence-electron chi connectivity index (χ3n) is 6.23. The number of sulfonamides is 1. The molecule has 0 bridgehead atoms. The molecule has 2 amide bonds. The monoisotopic (exact) mass is 553 g/mol. The molecule has 1 heterocycles. The average Bonchev–Trinajstić information content (AvgIpc) is 3.34. The number of hydrogen-bond donors (Lipinski definition) is 1. The van der Waals surface area contributed by atoms with Gasteiger partial charge in [0.15, 0.2) is 0 Å². The van der Waals surface area contributed by atoms with E-state index >= 15 is 0 Å². The number of amides is 2. The van der Waals surface area contributed by atoms with E-state index in [1.54, 1.807) is 65.6 Å². The Morgan fingerprint density at radius 3 is 2.39 bits per heavy atom. The van der Waals surface area contributed by atoms with Gasteiger partial charge in [0.2, 0.25) is 11.8 Å². The zero-order chi connectivity index (χ0) is 27.3. The Morgan fingerprint density at radius 2 is 1.79 bits per heavy atom. The van der Waals surface area contributed by atoms with Gasteiger partial charge in [0.1, 0.15) is 12.3 Å². The van der Waals surface area contributed by atoms with Gasteiger partial charge in [0, 0.05) is 29.2 Å². The van der Waals surface area contributed by atoms with Crippen molar-refractivity contribution in [3.8, 4) is 5.75 Å². The molecule has 0 atom stereocenters. The van der Waals surface area contributed by atoms with Crippen LogP contribution in [-0.4, -0.2) is 46.2 Å². The zero-order valence-electron chi connectivity index (χ0n) is 21.6. The summed E-state index contributed by atoms with van der Waals surface area (Å²) < 4.78 is 34.0. The first kappa shape index (κ1) is 27.5. The van der Waals surface area contributed by atoms with Crippen LogP contribution in [0.1, 0.15) is 25.3 Å². The number of anilines is 3. The van der Waals surface area contributed by atoms with Crippen molar-refractivity contribution >= 4 is 50.7 Å². The molecule has 0 saturated carbocycles. The summed E-state index contributed by atoms with van der Waals surface area (Å²) in [6, 6.07) is 18.5. The first-order valence-corrected chi connectivity index (χ1v) is 15.0. The van der Waals surface area contributed by atoms with Crippen molar-refractivity contribution in [3.63, 3.8) is 0 Å². The van der Waals surface area contributed by atoms with Crippen molar-refractivity contribution in [3.05, 3.63) is 72.3 Å². The van der Waals surface area contributed by atoms with Crippen molar-refractivity contribution in [2.45, 2.75) is 36.5 Å². The van der Waals surface area contributed by atoms with Gasteiger partial charge in [-0.25, -0.2) is 8.42 Å². The van der Waals surface area contributed by atoms with Crippen molar-refractivity contribution in [1.82, 2.24) is 0 Å². The lowest BCUT2D eigenvalue weighted by molar-refractivity contribution is -0.117. The molecule has 8 nitrogen and oxygen atoms in total. The highest BCUT2D eigenvalue weighted by molar-refractivity contribution is 7.98. The maximum Gasteiger partial charge on any atom is 0.264 e. The van der Waals surface area contributed by atoms with Crippen LogP contribution in [0, 0.1) is 6.92 Å². The predicted octanol–water partition coefficient (Wildman–Crippen LogP) is 5.08. The number of benzene rings is 3. The minimum atomic E-state index is -4.06. The highest BCUT2D eigenvalue weighted by Gasteiger charge is 2.28. The van der Waals surface area contributed by atoms with E-state index in [1.165, 1.54) is 11.8 Å². The van der Waals surface area contributed by atoms with E-state index in [0.717, 1.165) is 26.9 Å². The molecule has 38 heavy (non-hydrogen) atoms. The number of ether oxygens (including phenoxy) is 1. The van der Waals surface area contributed by atoms with E-state index in [-0.39, 0.29) is 10.8 Å². The molecule has 1 aliphatic rings. The summed E-state index contributed by atoms with van der Waals surface area (Å²) in [5, 5.41) is 2.81. The van der Waals surface area contributed by atoms with Gasteiger partial charge < -0.3 is 15.0 Å². The molecule has 4 rings (SSSR count). The molecule has 200 valence electrons. The molecule has 1 fully saturated rings. The Morgan fingerprint density at radius 1 is 1.08 bits per heavy atom. The maximum absolute atomic E-state index is 13.7. The second-order valence-corrected chi connectivity index (χ2v) is 11.6. The van der Waals surface area contributed by atoms with Gasteiger partial charge in [-0.3, -0.25) is 13.9 Å². The summed E-state index contributed by atoms with van der Waals surface area (Å²) in [5.74, 6) is 0.147. The van der Waals surface area contributed by atoms with E-state index in [0.29, 0.717) is 36.7 Å². The summed E-state index contributed by atoms with van der Waals surface area (Å²) in [5.41, 5.74) is 2.49. The normalized spacial score (nSPS) is 13.4. The highest BCUT2D eigenvalue weighted by Crippen LogP contribution is 2.30. The number of rotatable bonds is 10. The van der Waals surface area contributed by atoms with Crippen LogP contribution in [0.2, 0.25) is 0 Å². The first-order valence-electron chi connectivity index (χ1n) is 12.3. The van der Waals surface area contributed by atoms with Crippen molar-refractivity contribution < 1.29 is 22.7 Å². The summed E-state index contributed by atoms with van der Waals surface area (Å²) >= 11 is 1.51. The van der Waals surface area contributed by atoms with Gasteiger partial charge >= 0.3 is 0 Å². The lowest BCUT2D eigenvalue weighted by Crippen LogP contribution is -2.38.